The summed E-state index contributed by atoms with van der Waals surface area (Å²) in [6, 6.07) is 8.49. The molecule has 0 heterocycles. The zero-order chi connectivity index (χ0) is 12.1. The van der Waals surface area contributed by atoms with E-state index in [2.05, 4.69) is 0 Å². The van der Waals surface area contributed by atoms with Crippen LogP contribution < -0.4 is 0 Å². The Labute approximate surface area is 93.9 Å². The summed E-state index contributed by atoms with van der Waals surface area (Å²) in [6.45, 7) is 3.07. The third-order valence-electron chi connectivity index (χ3n) is 2.40. The second-order valence-electron chi connectivity index (χ2n) is 3.60. The molecule has 0 saturated carbocycles. The van der Waals surface area contributed by atoms with Gasteiger partial charge in [-0.05, 0) is 26.0 Å². The van der Waals surface area contributed by atoms with Crippen LogP contribution in [0, 0.1) is 5.92 Å². The van der Waals surface area contributed by atoms with Crippen LogP contribution in [0.25, 0.3) is 0 Å². The van der Waals surface area contributed by atoms with Crippen molar-refractivity contribution >= 4 is 11.9 Å². The molecule has 2 unspecified atom stereocenters. The molecule has 0 spiro atoms. The molecule has 0 bridgehead atoms. The molecule has 0 radical (unpaired) electrons. The average Bonchev–Trinajstić information content (AvgIpc) is 2.28. The van der Waals surface area contributed by atoms with Gasteiger partial charge in [-0.15, -0.1) is 0 Å². The molecule has 86 valence electrons. The van der Waals surface area contributed by atoms with Gasteiger partial charge in [0.25, 0.3) is 0 Å². The summed E-state index contributed by atoms with van der Waals surface area (Å²) >= 11 is 0. The van der Waals surface area contributed by atoms with Gasteiger partial charge in [-0.1, -0.05) is 18.2 Å². The minimum Gasteiger partial charge on any atom is -0.481 e. The van der Waals surface area contributed by atoms with E-state index >= 15 is 0 Å². The SMILES string of the molecule is CC(OC(=O)c1ccccc1)C(C)C(=O)O. The first-order valence-electron chi connectivity index (χ1n) is 5.01. The van der Waals surface area contributed by atoms with Crippen LogP contribution in [0.2, 0.25) is 0 Å². The van der Waals surface area contributed by atoms with E-state index in [-0.39, 0.29) is 0 Å². The fraction of sp³-hybridized carbons (Fsp3) is 0.333. The number of esters is 1. The third kappa shape index (κ3) is 3.08. The summed E-state index contributed by atoms with van der Waals surface area (Å²) in [5.74, 6) is -2.19. The highest BCUT2D eigenvalue weighted by Gasteiger charge is 2.23. The Hall–Kier alpha value is -1.84. The van der Waals surface area contributed by atoms with Gasteiger partial charge in [-0.3, -0.25) is 4.79 Å². The molecule has 0 fully saturated rings. The molecule has 4 heteroatoms. The Bertz CT molecular complexity index is 372. The van der Waals surface area contributed by atoms with Crippen LogP contribution in [0.4, 0.5) is 0 Å². The maximum absolute atomic E-state index is 11.6. The monoisotopic (exact) mass is 222 g/mol. The first-order chi connectivity index (χ1) is 7.52. The highest BCUT2D eigenvalue weighted by molar-refractivity contribution is 5.89. The van der Waals surface area contributed by atoms with Crippen molar-refractivity contribution in [3.8, 4) is 0 Å². The molecular weight excluding hydrogens is 208 g/mol. The largest absolute Gasteiger partial charge is 0.481 e. The van der Waals surface area contributed by atoms with Gasteiger partial charge in [0, 0.05) is 0 Å². The Morgan fingerprint density at radius 3 is 2.25 bits per heavy atom. The number of carbonyl (C=O) groups is 2. The summed E-state index contributed by atoms with van der Waals surface area (Å²) < 4.78 is 5.04. The van der Waals surface area contributed by atoms with Crippen molar-refractivity contribution in [2.75, 3.05) is 0 Å². The van der Waals surface area contributed by atoms with E-state index in [0.29, 0.717) is 5.56 Å². The lowest BCUT2D eigenvalue weighted by Gasteiger charge is -2.16. The van der Waals surface area contributed by atoms with Gasteiger partial charge in [-0.2, -0.15) is 0 Å². The highest BCUT2D eigenvalue weighted by atomic mass is 16.5. The second kappa shape index (κ2) is 5.30. The fourth-order valence-electron chi connectivity index (χ4n) is 1.11. The minimum absolute atomic E-state index is 0.423. The summed E-state index contributed by atoms with van der Waals surface area (Å²) in [5, 5.41) is 8.74. The molecule has 0 aromatic heterocycles. The second-order valence-corrected chi connectivity index (χ2v) is 3.60. The topological polar surface area (TPSA) is 63.6 Å². The van der Waals surface area contributed by atoms with Gasteiger partial charge < -0.3 is 9.84 Å². The number of aliphatic carboxylic acids is 1. The number of hydrogen-bond acceptors (Lipinski definition) is 3. The molecule has 0 aliphatic heterocycles. The first kappa shape index (κ1) is 12.2. The molecule has 0 aliphatic carbocycles. The Kier molecular flexibility index (Phi) is 4.05. The van der Waals surface area contributed by atoms with Crippen LogP contribution in [0.1, 0.15) is 24.2 Å². The number of hydrogen-bond donors (Lipinski definition) is 1. The van der Waals surface area contributed by atoms with Crippen molar-refractivity contribution in [3.63, 3.8) is 0 Å². The van der Waals surface area contributed by atoms with E-state index in [9.17, 15) is 9.59 Å². The van der Waals surface area contributed by atoms with E-state index in [1.54, 1.807) is 37.3 Å². The zero-order valence-electron chi connectivity index (χ0n) is 9.21. The molecule has 1 aromatic rings. The van der Waals surface area contributed by atoms with Gasteiger partial charge in [0.05, 0.1) is 11.5 Å². The van der Waals surface area contributed by atoms with Crippen molar-refractivity contribution in [2.45, 2.75) is 20.0 Å². The number of carbonyl (C=O) groups excluding carboxylic acids is 1. The quantitative estimate of drug-likeness (QED) is 0.791. The number of ether oxygens (including phenoxy) is 1. The molecular formula is C12H14O4. The van der Waals surface area contributed by atoms with Crippen molar-refractivity contribution in [3.05, 3.63) is 35.9 Å². The molecule has 16 heavy (non-hydrogen) atoms. The Balaban J connectivity index is 2.62. The van der Waals surface area contributed by atoms with Gasteiger partial charge >= 0.3 is 11.9 Å². The normalized spacial score (nSPS) is 13.9. The number of benzene rings is 1. The lowest BCUT2D eigenvalue weighted by Crippen LogP contribution is -2.27. The summed E-state index contributed by atoms with van der Waals surface area (Å²) in [6.07, 6.45) is -0.648. The molecule has 1 N–H and O–H groups in total. The van der Waals surface area contributed by atoms with E-state index < -0.39 is 24.0 Å². The third-order valence-corrected chi connectivity index (χ3v) is 2.40. The lowest BCUT2D eigenvalue weighted by atomic mass is 10.1. The van der Waals surface area contributed by atoms with Crippen molar-refractivity contribution in [1.82, 2.24) is 0 Å². The summed E-state index contributed by atoms with van der Waals surface area (Å²) in [4.78, 5) is 22.2. The highest BCUT2D eigenvalue weighted by Crippen LogP contribution is 2.10. The van der Waals surface area contributed by atoms with Crippen LogP contribution in [-0.4, -0.2) is 23.1 Å². The maximum atomic E-state index is 11.6. The molecule has 1 aromatic carbocycles. The smallest absolute Gasteiger partial charge is 0.338 e. The predicted octanol–water partition coefficient (Wildman–Crippen LogP) is 1.95. The zero-order valence-corrected chi connectivity index (χ0v) is 9.21. The van der Waals surface area contributed by atoms with E-state index in [1.165, 1.54) is 6.92 Å². The Morgan fingerprint density at radius 2 is 1.75 bits per heavy atom. The predicted molar refractivity (Wildman–Crippen MR) is 58.1 cm³/mol. The molecule has 1 rings (SSSR count). The van der Waals surface area contributed by atoms with Crippen LogP contribution in [0.15, 0.2) is 30.3 Å². The molecule has 0 amide bonds. The molecule has 2 atom stereocenters. The van der Waals surface area contributed by atoms with Crippen molar-refractivity contribution in [2.24, 2.45) is 5.92 Å². The summed E-state index contributed by atoms with van der Waals surface area (Å²) in [5.41, 5.74) is 0.423. The standard InChI is InChI=1S/C12H14O4/c1-8(11(13)14)9(2)16-12(15)10-6-4-3-5-7-10/h3-9H,1-2H3,(H,13,14). The molecule has 0 aliphatic rings. The van der Waals surface area contributed by atoms with Crippen LogP contribution >= 0.6 is 0 Å². The number of carboxylic acid groups (broad SMARTS) is 1. The van der Waals surface area contributed by atoms with Gasteiger partial charge in [0.15, 0.2) is 0 Å². The lowest BCUT2D eigenvalue weighted by molar-refractivity contribution is -0.144. The first-order valence-corrected chi connectivity index (χ1v) is 5.01. The van der Waals surface area contributed by atoms with Crippen LogP contribution in [-0.2, 0) is 9.53 Å². The van der Waals surface area contributed by atoms with Crippen LogP contribution in [0.3, 0.4) is 0 Å². The summed E-state index contributed by atoms with van der Waals surface area (Å²) in [7, 11) is 0. The molecule has 0 saturated heterocycles. The van der Waals surface area contributed by atoms with Crippen molar-refractivity contribution in [1.29, 1.82) is 0 Å². The van der Waals surface area contributed by atoms with Crippen LogP contribution in [0.5, 0.6) is 0 Å². The average molecular weight is 222 g/mol. The van der Waals surface area contributed by atoms with E-state index in [1.807, 2.05) is 0 Å². The van der Waals surface area contributed by atoms with Gasteiger partial charge in [0.1, 0.15) is 6.10 Å². The Morgan fingerprint density at radius 1 is 1.19 bits per heavy atom. The maximum Gasteiger partial charge on any atom is 0.338 e. The number of rotatable bonds is 4. The van der Waals surface area contributed by atoms with Gasteiger partial charge in [0.2, 0.25) is 0 Å². The minimum atomic E-state index is -0.978. The number of carboxylic acids is 1. The van der Waals surface area contributed by atoms with Gasteiger partial charge in [-0.25, -0.2) is 4.79 Å². The molecule has 4 nitrogen and oxygen atoms in total. The fourth-order valence-corrected chi connectivity index (χ4v) is 1.11. The van der Waals surface area contributed by atoms with E-state index in [0.717, 1.165) is 0 Å². The van der Waals surface area contributed by atoms with Crippen molar-refractivity contribution < 1.29 is 19.4 Å². The van der Waals surface area contributed by atoms with E-state index in [4.69, 9.17) is 9.84 Å².